The predicted octanol–water partition coefficient (Wildman–Crippen LogP) is 2.84. The molecular weight excluding hydrogens is 374 g/mol. The van der Waals surface area contributed by atoms with Gasteiger partial charge in [-0.15, -0.1) is 0 Å². The standard InChI is InChI=1S/C19H21N7O3/c1-13-14(11-24-8-3-9-24)12-25(23-13)18-6-7-20-19(22-18)21-16-10-15(26(27)28)4-5-17(16)29-2/h4-7,10,12H,3,8-9,11H2,1-2H3,(H,20,21,22). The molecule has 1 aliphatic heterocycles. The number of anilines is 2. The molecule has 1 aliphatic rings. The number of aryl methyl sites for hydroxylation is 1. The summed E-state index contributed by atoms with van der Waals surface area (Å²) in [5.41, 5.74) is 2.49. The number of nitro benzene ring substituents is 1. The normalized spacial score (nSPS) is 13.7. The quantitative estimate of drug-likeness (QED) is 0.480. The highest BCUT2D eigenvalue weighted by Crippen LogP contribution is 2.30. The van der Waals surface area contributed by atoms with Gasteiger partial charge in [-0.25, -0.2) is 9.67 Å². The fraction of sp³-hybridized carbons (Fsp3) is 0.316. The molecule has 10 heteroatoms. The van der Waals surface area contributed by atoms with E-state index in [0.717, 1.165) is 30.9 Å². The van der Waals surface area contributed by atoms with E-state index < -0.39 is 4.92 Å². The summed E-state index contributed by atoms with van der Waals surface area (Å²) in [6.07, 6.45) is 4.84. The van der Waals surface area contributed by atoms with Crippen LogP contribution < -0.4 is 10.1 Å². The van der Waals surface area contributed by atoms with E-state index in [4.69, 9.17) is 4.74 Å². The van der Waals surface area contributed by atoms with E-state index in [1.165, 1.54) is 31.7 Å². The topological polar surface area (TPSA) is 111 Å². The number of ether oxygens (including phenoxy) is 1. The zero-order valence-corrected chi connectivity index (χ0v) is 16.2. The second-order valence-corrected chi connectivity index (χ2v) is 6.82. The van der Waals surface area contributed by atoms with Gasteiger partial charge in [-0.05, 0) is 32.5 Å². The average molecular weight is 395 g/mol. The number of hydrogen-bond donors (Lipinski definition) is 1. The van der Waals surface area contributed by atoms with Crippen molar-refractivity contribution in [2.75, 3.05) is 25.5 Å². The van der Waals surface area contributed by atoms with Gasteiger partial charge in [0.15, 0.2) is 5.82 Å². The van der Waals surface area contributed by atoms with E-state index in [1.807, 2.05) is 13.1 Å². The zero-order valence-electron chi connectivity index (χ0n) is 16.2. The van der Waals surface area contributed by atoms with Gasteiger partial charge in [-0.2, -0.15) is 10.1 Å². The smallest absolute Gasteiger partial charge is 0.271 e. The summed E-state index contributed by atoms with van der Waals surface area (Å²) in [4.78, 5) is 21.7. The summed E-state index contributed by atoms with van der Waals surface area (Å²) in [5.74, 6) is 1.35. The highest BCUT2D eigenvalue weighted by Gasteiger charge is 2.17. The van der Waals surface area contributed by atoms with E-state index in [-0.39, 0.29) is 5.69 Å². The molecule has 1 aromatic carbocycles. The SMILES string of the molecule is COc1ccc([N+](=O)[O-])cc1Nc1nccc(-n2cc(CN3CCC3)c(C)n2)n1. The van der Waals surface area contributed by atoms with Crippen LogP contribution in [0.25, 0.3) is 5.82 Å². The van der Waals surface area contributed by atoms with Crippen LogP contribution >= 0.6 is 0 Å². The number of non-ortho nitro benzene ring substituents is 1. The highest BCUT2D eigenvalue weighted by atomic mass is 16.6. The monoisotopic (exact) mass is 395 g/mol. The van der Waals surface area contributed by atoms with E-state index in [9.17, 15) is 10.1 Å². The number of nitrogens with zero attached hydrogens (tertiary/aromatic N) is 6. The Morgan fingerprint density at radius 1 is 1.31 bits per heavy atom. The van der Waals surface area contributed by atoms with Crippen LogP contribution in [-0.4, -0.2) is 49.8 Å². The molecule has 0 saturated carbocycles. The zero-order chi connectivity index (χ0) is 20.4. The van der Waals surface area contributed by atoms with Crippen LogP contribution in [0.3, 0.4) is 0 Å². The van der Waals surface area contributed by atoms with E-state index in [0.29, 0.717) is 23.2 Å². The molecule has 0 aliphatic carbocycles. The van der Waals surface area contributed by atoms with E-state index >= 15 is 0 Å². The first-order valence-corrected chi connectivity index (χ1v) is 9.24. The third-order valence-corrected chi connectivity index (χ3v) is 4.86. The Bertz CT molecular complexity index is 1050. The summed E-state index contributed by atoms with van der Waals surface area (Å²) in [6, 6.07) is 6.06. The van der Waals surface area contributed by atoms with Crippen molar-refractivity contribution < 1.29 is 9.66 Å². The third kappa shape index (κ3) is 4.02. The van der Waals surface area contributed by atoms with Gasteiger partial charge in [-0.1, -0.05) is 0 Å². The molecule has 0 amide bonds. The Kier molecular flexibility index (Phi) is 5.09. The van der Waals surface area contributed by atoms with Gasteiger partial charge < -0.3 is 10.1 Å². The summed E-state index contributed by atoms with van der Waals surface area (Å²) in [6.45, 7) is 5.11. The fourth-order valence-electron chi connectivity index (χ4n) is 3.11. The number of nitro groups is 1. The molecule has 1 saturated heterocycles. The lowest BCUT2D eigenvalue weighted by Crippen LogP contribution is -2.36. The van der Waals surface area contributed by atoms with Gasteiger partial charge in [0.2, 0.25) is 5.95 Å². The predicted molar refractivity (Wildman–Crippen MR) is 107 cm³/mol. The maximum Gasteiger partial charge on any atom is 0.271 e. The number of likely N-dealkylation sites (tertiary alicyclic amines) is 1. The minimum absolute atomic E-state index is 0.0530. The van der Waals surface area contributed by atoms with Crippen molar-refractivity contribution in [1.29, 1.82) is 0 Å². The van der Waals surface area contributed by atoms with Gasteiger partial charge in [0, 0.05) is 42.7 Å². The van der Waals surface area contributed by atoms with Crippen molar-refractivity contribution in [2.24, 2.45) is 0 Å². The maximum atomic E-state index is 11.1. The Hall–Kier alpha value is -3.53. The fourth-order valence-corrected chi connectivity index (χ4v) is 3.11. The minimum atomic E-state index is -0.464. The molecule has 3 heterocycles. The van der Waals surface area contributed by atoms with Crippen LogP contribution in [0.1, 0.15) is 17.7 Å². The van der Waals surface area contributed by atoms with Gasteiger partial charge >= 0.3 is 0 Å². The van der Waals surface area contributed by atoms with Crippen LogP contribution in [0.4, 0.5) is 17.3 Å². The number of methoxy groups -OCH3 is 1. The Morgan fingerprint density at radius 2 is 2.14 bits per heavy atom. The molecule has 10 nitrogen and oxygen atoms in total. The molecule has 0 unspecified atom stereocenters. The number of benzene rings is 1. The first-order valence-electron chi connectivity index (χ1n) is 9.24. The van der Waals surface area contributed by atoms with Crippen LogP contribution in [-0.2, 0) is 6.54 Å². The molecule has 150 valence electrons. The van der Waals surface area contributed by atoms with E-state index in [2.05, 4.69) is 25.3 Å². The van der Waals surface area contributed by atoms with Crippen LogP contribution in [0.15, 0.2) is 36.7 Å². The second kappa shape index (κ2) is 7.84. The summed E-state index contributed by atoms with van der Waals surface area (Å²) in [7, 11) is 1.50. The molecule has 2 aromatic heterocycles. The molecule has 4 rings (SSSR count). The summed E-state index contributed by atoms with van der Waals surface area (Å²) in [5, 5.41) is 18.6. The molecule has 1 fully saturated rings. The third-order valence-electron chi connectivity index (χ3n) is 4.86. The van der Waals surface area contributed by atoms with Gasteiger partial charge in [0.05, 0.1) is 23.4 Å². The van der Waals surface area contributed by atoms with Gasteiger partial charge in [-0.3, -0.25) is 15.0 Å². The lowest BCUT2D eigenvalue weighted by molar-refractivity contribution is -0.384. The van der Waals surface area contributed by atoms with Gasteiger partial charge in [0.1, 0.15) is 5.75 Å². The van der Waals surface area contributed by atoms with Gasteiger partial charge in [0.25, 0.3) is 5.69 Å². The number of nitrogens with one attached hydrogen (secondary N) is 1. The van der Waals surface area contributed by atoms with Crippen molar-refractivity contribution in [3.8, 4) is 11.6 Å². The molecule has 0 atom stereocenters. The largest absolute Gasteiger partial charge is 0.495 e. The van der Waals surface area contributed by atoms with Crippen molar-refractivity contribution in [3.05, 3.63) is 58.0 Å². The Balaban J connectivity index is 1.59. The van der Waals surface area contributed by atoms with Crippen LogP contribution in [0.2, 0.25) is 0 Å². The molecule has 0 spiro atoms. The first-order chi connectivity index (χ1) is 14.0. The van der Waals surface area contributed by atoms with Crippen LogP contribution in [0.5, 0.6) is 5.75 Å². The molecule has 0 radical (unpaired) electrons. The Labute approximate surface area is 167 Å². The van der Waals surface area contributed by atoms with Crippen molar-refractivity contribution >= 4 is 17.3 Å². The lowest BCUT2D eigenvalue weighted by atomic mass is 10.1. The summed E-state index contributed by atoms with van der Waals surface area (Å²) < 4.78 is 7.00. The molecule has 0 bridgehead atoms. The molecular formula is C19H21N7O3. The van der Waals surface area contributed by atoms with Crippen molar-refractivity contribution in [2.45, 2.75) is 19.9 Å². The molecule has 29 heavy (non-hydrogen) atoms. The molecule has 1 N–H and O–H groups in total. The number of hydrogen-bond acceptors (Lipinski definition) is 8. The van der Waals surface area contributed by atoms with E-state index in [1.54, 1.807) is 16.9 Å². The van der Waals surface area contributed by atoms with Crippen molar-refractivity contribution in [1.82, 2.24) is 24.6 Å². The number of aromatic nitrogens is 4. The average Bonchev–Trinajstić information content (AvgIpc) is 3.05. The van der Waals surface area contributed by atoms with Crippen molar-refractivity contribution in [3.63, 3.8) is 0 Å². The lowest BCUT2D eigenvalue weighted by Gasteiger charge is -2.30. The second-order valence-electron chi connectivity index (χ2n) is 6.82. The minimum Gasteiger partial charge on any atom is -0.495 e. The molecule has 3 aromatic rings. The summed E-state index contributed by atoms with van der Waals surface area (Å²) >= 11 is 0. The number of rotatable bonds is 7. The maximum absolute atomic E-state index is 11.1. The van der Waals surface area contributed by atoms with Crippen LogP contribution in [0, 0.1) is 17.0 Å². The first kappa shape index (κ1) is 18.8. The Morgan fingerprint density at radius 3 is 2.83 bits per heavy atom. The highest BCUT2D eigenvalue weighted by molar-refractivity contribution is 5.66.